The highest BCUT2D eigenvalue weighted by Gasteiger charge is 2.36. The van der Waals surface area contributed by atoms with Gasteiger partial charge in [-0.15, -0.1) is 0 Å². The number of hydrogen-bond acceptors (Lipinski definition) is 5. The molecule has 6 nitrogen and oxygen atoms in total. The maximum atomic E-state index is 12.3. The number of carbonyl (C=O) groups is 3. The first-order chi connectivity index (χ1) is 12.1. The molecular weight excluding hydrogens is 340 g/mol. The van der Waals surface area contributed by atoms with Gasteiger partial charge in [-0.3, -0.25) is 19.3 Å². The molecule has 1 N–H and O–H groups in total. The Morgan fingerprint density at radius 2 is 2.00 bits per heavy atom. The normalized spacial score (nSPS) is 16.2. The number of carbonyl (C=O) groups excluding carboxylic acids is 3. The van der Waals surface area contributed by atoms with Crippen LogP contribution in [0.4, 0.5) is 4.79 Å². The van der Waals surface area contributed by atoms with E-state index in [1.165, 1.54) is 4.90 Å². The Bertz CT molecular complexity index is 700. The summed E-state index contributed by atoms with van der Waals surface area (Å²) in [5.41, 5.74) is 0.982. The van der Waals surface area contributed by atoms with Crippen LogP contribution in [0.2, 0.25) is 0 Å². The highest BCUT2D eigenvalue weighted by atomic mass is 32.2. The van der Waals surface area contributed by atoms with E-state index in [0.717, 1.165) is 22.2 Å². The number of aliphatic hydroxyl groups excluding tert-OH is 1. The molecule has 1 fully saturated rings. The molecule has 0 aromatic heterocycles. The van der Waals surface area contributed by atoms with Gasteiger partial charge in [0.2, 0.25) is 5.91 Å². The number of thioether (sulfide) groups is 1. The van der Waals surface area contributed by atoms with E-state index in [2.05, 4.69) is 0 Å². The van der Waals surface area contributed by atoms with Gasteiger partial charge >= 0.3 is 0 Å². The summed E-state index contributed by atoms with van der Waals surface area (Å²) < 4.78 is 0. The van der Waals surface area contributed by atoms with E-state index in [1.807, 2.05) is 36.4 Å². The van der Waals surface area contributed by atoms with E-state index in [9.17, 15) is 14.4 Å². The van der Waals surface area contributed by atoms with E-state index in [-0.39, 0.29) is 30.5 Å². The lowest BCUT2D eigenvalue weighted by Gasteiger charge is -2.22. The molecule has 0 saturated carbocycles. The van der Waals surface area contributed by atoms with E-state index < -0.39 is 11.1 Å². The Kier molecular flexibility index (Phi) is 6.97. The van der Waals surface area contributed by atoms with Crippen molar-refractivity contribution in [2.75, 3.05) is 26.2 Å². The zero-order valence-electron chi connectivity index (χ0n) is 13.9. The van der Waals surface area contributed by atoms with Gasteiger partial charge in [-0.25, -0.2) is 0 Å². The van der Waals surface area contributed by atoms with Crippen LogP contribution in [0.15, 0.2) is 47.4 Å². The third-order valence-electron chi connectivity index (χ3n) is 3.61. The fraction of sp³-hybridized carbons (Fsp3) is 0.278. The zero-order valence-corrected chi connectivity index (χ0v) is 14.7. The topological polar surface area (TPSA) is 77.9 Å². The summed E-state index contributed by atoms with van der Waals surface area (Å²) in [4.78, 5) is 39.1. The van der Waals surface area contributed by atoms with Crippen molar-refractivity contribution < 1.29 is 19.5 Å². The minimum atomic E-state index is -0.471. The zero-order chi connectivity index (χ0) is 18.2. The molecule has 1 aliphatic rings. The average Bonchev–Trinajstić information content (AvgIpc) is 2.88. The van der Waals surface area contributed by atoms with Gasteiger partial charge < -0.3 is 10.0 Å². The van der Waals surface area contributed by atoms with Gasteiger partial charge in [0.15, 0.2) is 0 Å². The number of likely N-dealkylation sites (N-methyl/N-ethyl adjacent to an activating group) is 1. The molecule has 1 heterocycles. The van der Waals surface area contributed by atoms with Gasteiger partial charge in [0.25, 0.3) is 11.1 Å². The van der Waals surface area contributed by atoms with Crippen molar-refractivity contribution in [1.29, 1.82) is 0 Å². The molecule has 0 aliphatic carbocycles. The molecule has 1 aromatic carbocycles. The van der Waals surface area contributed by atoms with E-state index in [1.54, 1.807) is 19.1 Å². The minimum Gasteiger partial charge on any atom is -0.395 e. The number of allylic oxidation sites excluding steroid dienone is 2. The molecule has 2 rings (SSSR count). The largest absolute Gasteiger partial charge is 0.395 e. The maximum Gasteiger partial charge on any atom is 0.294 e. The summed E-state index contributed by atoms with van der Waals surface area (Å²) in [6, 6.07) is 9.58. The Hall–Kier alpha value is -2.38. The third-order valence-corrected chi connectivity index (χ3v) is 4.53. The predicted octanol–water partition coefficient (Wildman–Crippen LogP) is 2.12. The van der Waals surface area contributed by atoms with Gasteiger partial charge in [-0.1, -0.05) is 42.5 Å². The Morgan fingerprint density at radius 3 is 2.64 bits per heavy atom. The first-order valence-corrected chi connectivity index (χ1v) is 8.74. The second-order valence-electron chi connectivity index (χ2n) is 5.26. The molecule has 0 spiro atoms. The smallest absolute Gasteiger partial charge is 0.294 e. The molecule has 0 unspecified atom stereocenters. The number of imide groups is 1. The van der Waals surface area contributed by atoms with Gasteiger partial charge in [-0.2, -0.15) is 0 Å². The van der Waals surface area contributed by atoms with Crippen molar-refractivity contribution in [3.63, 3.8) is 0 Å². The summed E-state index contributed by atoms with van der Waals surface area (Å²) in [5, 5.41) is 8.49. The van der Waals surface area contributed by atoms with Gasteiger partial charge in [0.1, 0.15) is 6.54 Å². The molecule has 7 heteroatoms. The van der Waals surface area contributed by atoms with Crippen LogP contribution in [0.1, 0.15) is 12.5 Å². The van der Waals surface area contributed by atoms with Crippen molar-refractivity contribution in [1.82, 2.24) is 9.80 Å². The van der Waals surface area contributed by atoms with Crippen LogP contribution in [0.3, 0.4) is 0 Å². The number of hydrogen-bond donors (Lipinski definition) is 1. The van der Waals surface area contributed by atoms with Crippen LogP contribution in [0.25, 0.3) is 6.08 Å². The maximum absolute atomic E-state index is 12.3. The van der Waals surface area contributed by atoms with Crippen LogP contribution in [-0.2, 0) is 9.59 Å². The minimum absolute atomic E-state index is 0.161. The number of benzene rings is 1. The molecule has 1 aromatic rings. The lowest BCUT2D eigenvalue weighted by atomic mass is 10.2. The van der Waals surface area contributed by atoms with Crippen LogP contribution in [0, 0.1) is 0 Å². The molecule has 0 radical (unpaired) electrons. The summed E-state index contributed by atoms with van der Waals surface area (Å²) >= 11 is 0.819. The lowest BCUT2D eigenvalue weighted by Crippen LogP contribution is -2.43. The van der Waals surface area contributed by atoms with Gasteiger partial charge in [-0.05, 0) is 30.3 Å². The molecule has 0 bridgehead atoms. The van der Waals surface area contributed by atoms with Crippen LogP contribution < -0.4 is 0 Å². The molecule has 1 saturated heterocycles. The second kappa shape index (κ2) is 9.19. The average molecular weight is 360 g/mol. The fourth-order valence-electron chi connectivity index (χ4n) is 2.28. The number of rotatable bonds is 7. The molecular formula is C18H20N2O4S. The monoisotopic (exact) mass is 360 g/mol. The standard InChI is InChI=1S/C18H20N2O4S/c1-2-19(11-12-21)16(22)13-20-17(23)15(25-18(20)24)10-6-9-14-7-4-3-5-8-14/h3-10,21H,2,11-13H2,1H3/b9-6+,15-10-. The molecule has 3 amide bonds. The second-order valence-corrected chi connectivity index (χ2v) is 6.25. The van der Waals surface area contributed by atoms with Crippen LogP contribution in [0.5, 0.6) is 0 Å². The van der Waals surface area contributed by atoms with E-state index in [4.69, 9.17) is 5.11 Å². The fourth-order valence-corrected chi connectivity index (χ4v) is 3.07. The Balaban J connectivity index is 2.03. The Labute approximate surface area is 150 Å². The quantitative estimate of drug-likeness (QED) is 0.754. The third kappa shape index (κ3) is 5.04. The van der Waals surface area contributed by atoms with Crippen LogP contribution >= 0.6 is 11.8 Å². The highest BCUT2D eigenvalue weighted by Crippen LogP contribution is 2.30. The number of amides is 3. The van der Waals surface area contributed by atoms with Crippen molar-refractivity contribution in [3.8, 4) is 0 Å². The number of aliphatic hydroxyl groups is 1. The molecule has 25 heavy (non-hydrogen) atoms. The van der Waals surface area contributed by atoms with Crippen LogP contribution in [-0.4, -0.2) is 58.2 Å². The summed E-state index contributed by atoms with van der Waals surface area (Å²) in [6.45, 7) is 1.89. The van der Waals surface area contributed by atoms with Crippen molar-refractivity contribution in [2.45, 2.75) is 6.92 Å². The Morgan fingerprint density at radius 1 is 1.28 bits per heavy atom. The summed E-state index contributed by atoms with van der Waals surface area (Å²) in [6.07, 6.45) is 5.12. The molecule has 1 aliphatic heterocycles. The van der Waals surface area contributed by atoms with E-state index in [0.29, 0.717) is 6.54 Å². The SMILES string of the molecule is CCN(CCO)C(=O)CN1C(=O)S/C(=C\C=C\c2ccccc2)C1=O. The summed E-state index contributed by atoms with van der Waals surface area (Å²) in [7, 11) is 0. The van der Waals surface area contributed by atoms with Crippen molar-refractivity contribution in [2.24, 2.45) is 0 Å². The van der Waals surface area contributed by atoms with Gasteiger partial charge in [0, 0.05) is 13.1 Å². The first-order valence-electron chi connectivity index (χ1n) is 7.92. The number of nitrogens with zero attached hydrogens (tertiary/aromatic N) is 2. The first kappa shape index (κ1) is 19.0. The van der Waals surface area contributed by atoms with E-state index >= 15 is 0 Å². The highest BCUT2D eigenvalue weighted by molar-refractivity contribution is 8.18. The van der Waals surface area contributed by atoms with Crippen molar-refractivity contribution >= 4 is 34.9 Å². The van der Waals surface area contributed by atoms with Gasteiger partial charge in [0.05, 0.1) is 11.5 Å². The molecule has 0 atom stereocenters. The molecule has 132 valence electrons. The summed E-state index contributed by atoms with van der Waals surface area (Å²) in [5.74, 6) is -0.832. The lowest BCUT2D eigenvalue weighted by molar-refractivity contribution is -0.136. The van der Waals surface area contributed by atoms with Crippen molar-refractivity contribution in [3.05, 3.63) is 53.0 Å². The predicted molar refractivity (Wildman–Crippen MR) is 97.6 cm³/mol.